The molecular weight excluding hydrogens is 408 g/mol. The Bertz CT molecular complexity index is 1430. The van der Waals surface area contributed by atoms with Crippen LogP contribution in [0.5, 0.6) is 0 Å². The summed E-state index contributed by atoms with van der Waals surface area (Å²) in [6.45, 7) is 1.49. The van der Waals surface area contributed by atoms with Gasteiger partial charge in [0.25, 0.3) is 0 Å². The Kier molecular flexibility index (Phi) is 5.79. The number of rotatable bonds is 6. The number of anilines is 2. The molecule has 4 aromatic carbocycles. The highest BCUT2D eigenvalue weighted by Crippen LogP contribution is 2.21. The van der Waals surface area contributed by atoms with Crippen LogP contribution in [0.25, 0.3) is 21.7 Å². The van der Waals surface area contributed by atoms with Gasteiger partial charge in [-0.05, 0) is 58.3 Å². The van der Waals surface area contributed by atoms with E-state index in [1.807, 2.05) is 55.7 Å². The average Bonchev–Trinajstić information content (AvgIpc) is 3.19. The van der Waals surface area contributed by atoms with Crippen molar-refractivity contribution in [2.24, 2.45) is 7.05 Å². The van der Waals surface area contributed by atoms with Crippen LogP contribution in [0.15, 0.2) is 97.2 Å². The fraction of sp³-hybridized carbons (Fsp3) is 0.107. The number of hydrogen-bond acceptors (Lipinski definition) is 2. The van der Waals surface area contributed by atoms with Crippen LogP contribution in [-0.2, 0) is 20.1 Å². The SMILES string of the molecule is Cn1ccc2cc(NC(=O)Nc3cccc(CNCc4cccc5ccccc45)c3)ccc21. The average molecular weight is 435 g/mol. The summed E-state index contributed by atoms with van der Waals surface area (Å²) >= 11 is 0. The predicted octanol–water partition coefficient (Wildman–Crippen LogP) is 6.27. The van der Waals surface area contributed by atoms with Crippen molar-refractivity contribution in [3.63, 3.8) is 0 Å². The highest BCUT2D eigenvalue weighted by atomic mass is 16.2. The second kappa shape index (κ2) is 9.18. The van der Waals surface area contributed by atoms with Gasteiger partial charge < -0.3 is 20.5 Å². The van der Waals surface area contributed by atoms with Gasteiger partial charge >= 0.3 is 6.03 Å². The molecule has 1 heterocycles. The second-order valence-corrected chi connectivity index (χ2v) is 8.22. The maximum atomic E-state index is 12.5. The van der Waals surface area contributed by atoms with Gasteiger partial charge in [0.05, 0.1) is 0 Å². The first-order valence-electron chi connectivity index (χ1n) is 11.1. The van der Waals surface area contributed by atoms with E-state index < -0.39 is 0 Å². The van der Waals surface area contributed by atoms with E-state index in [9.17, 15) is 4.79 Å². The van der Waals surface area contributed by atoms with E-state index in [2.05, 4.69) is 69.0 Å². The third kappa shape index (κ3) is 4.73. The van der Waals surface area contributed by atoms with E-state index >= 15 is 0 Å². The summed E-state index contributed by atoms with van der Waals surface area (Å²) in [5, 5.41) is 13.0. The number of benzene rings is 4. The first-order chi connectivity index (χ1) is 16.2. The molecule has 0 radical (unpaired) electrons. The first-order valence-corrected chi connectivity index (χ1v) is 11.1. The summed E-state index contributed by atoms with van der Waals surface area (Å²) in [4.78, 5) is 12.5. The van der Waals surface area contributed by atoms with Crippen molar-refractivity contribution in [2.75, 3.05) is 10.6 Å². The van der Waals surface area contributed by atoms with Crippen molar-refractivity contribution in [1.29, 1.82) is 0 Å². The van der Waals surface area contributed by atoms with Crippen LogP contribution in [0.3, 0.4) is 0 Å². The molecule has 1 aromatic heterocycles. The molecule has 0 atom stereocenters. The van der Waals surface area contributed by atoms with Gasteiger partial charge in [0.15, 0.2) is 0 Å². The van der Waals surface area contributed by atoms with Crippen molar-refractivity contribution < 1.29 is 4.79 Å². The molecule has 0 aliphatic carbocycles. The number of aromatic nitrogens is 1. The largest absolute Gasteiger partial charge is 0.351 e. The topological polar surface area (TPSA) is 58.1 Å². The van der Waals surface area contributed by atoms with Gasteiger partial charge in [-0.2, -0.15) is 0 Å². The van der Waals surface area contributed by atoms with Crippen molar-refractivity contribution in [1.82, 2.24) is 9.88 Å². The molecule has 0 fully saturated rings. The minimum atomic E-state index is -0.258. The smallest absolute Gasteiger partial charge is 0.323 e. The summed E-state index contributed by atoms with van der Waals surface area (Å²) in [6.07, 6.45) is 2.01. The van der Waals surface area contributed by atoms with Gasteiger partial charge in [0, 0.05) is 48.6 Å². The number of nitrogens with zero attached hydrogens (tertiary/aromatic N) is 1. The minimum absolute atomic E-state index is 0.258. The lowest BCUT2D eigenvalue weighted by molar-refractivity contribution is 0.262. The molecule has 5 heteroatoms. The molecular formula is C28H26N4O. The van der Waals surface area contributed by atoms with E-state index in [4.69, 9.17) is 0 Å². The monoisotopic (exact) mass is 434 g/mol. The van der Waals surface area contributed by atoms with E-state index in [1.165, 1.54) is 16.3 Å². The van der Waals surface area contributed by atoms with Crippen LogP contribution < -0.4 is 16.0 Å². The molecule has 0 saturated carbocycles. The van der Waals surface area contributed by atoms with E-state index in [-0.39, 0.29) is 6.03 Å². The van der Waals surface area contributed by atoms with Crippen molar-refractivity contribution in [3.05, 3.63) is 108 Å². The zero-order valence-corrected chi connectivity index (χ0v) is 18.5. The number of carbonyl (C=O) groups is 1. The summed E-state index contributed by atoms with van der Waals surface area (Å²) in [5.74, 6) is 0. The van der Waals surface area contributed by atoms with Gasteiger partial charge in [0.1, 0.15) is 0 Å². The molecule has 5 rings (SSSR count). The fourth-order valence-electron chi connectivity index (χ4n) is 4.20. The predicted molar refractivity (Wildman–Crippen MR) is 136 cm³/mol. The summed E-state index contributed by atoms with van der Waals surface area (Å²) < 4.78 is 2.05. The van der Waals surface area contributed by atoms with Crippen LogP contribution >= 0.6 is 0 Å². The number of urea groups is 1. The van der Waals surface area contributed by atoms with Gasteiger partial charge in [-0.1, -0.05) is 54.6 Å². The number of fused-ring (bicyclic) bond motifs is 2. The number of nitrogens with one attached hydrogen (secondary N) is 3. The second-order valence-electron chi connectivity index (χ2n) is 8.22. The molecule has 0 aliphatic heterocycles. The van der Waals surface area contributed by atoms with Crippen molar-refractivity contribution in [2.45, 2.75) is 13.1 Å². The first kappa shape index (κ1) is 20.8. The third-order valence-corrected chi connectivity index (χ3v) is 5.85. The van der Waals surface area contributed by atoms with Gasteiger partial charge in [-0.15, -0.1) is 0 Å². The molecule has 0 unspecified atom stereocenters. The lowest BCUT2D eigenvalue weighted by Gasteiger charge is -2.11. The quantitative estimate of drug-likeness (QED) is 0.295. The Morgan fingerprint density at radius 3 is 2.45 bits per heavy atom. The summed E-state index contributed by atoms with van der Waals surface area (Å²) in [6, 6.07) is 30.4. The van der Waals surface area contributed by atoms with Gasteiger partial charge in [-0.3, -0.25) is 0 Å². The Morgan fingerprint density at radius 1 is 0.758 bits per heavy atom. The van der Waals surface area contributed by atoms with Crippen LogP contribution in [0.4, 0.5) is 16.2 Å². The number of aryl methyl sites for hydroxylation is 1. The standard InChI is InChI=1S/C28H26N4O/c1-32-15-14-22-17-25(12-13-27(22)32)31-28(33)30-24-10-4-6-20(16-24)18-29-19-23-9-5-8-21-7-2-3-11-26(21)23/h2-17,29H,18-19H2,1H3,(H2,30,31,33). The fourth-order valence-corrected chi connectivity index (χ4v) is 4.20. The molecule has 3 N–H and O–H groups in total. The van der Waals surface area contributed by atoms with Crippen LogP contribution in [0.2, 0.25) is 0 Å². The van der Waals surface area contributed by atoms with Gasteiger partial charge in [0.2, 0.25) is 0 Å². The van der Waals surface area contributed by atoms with Crippen molar-refractivity contribution >= 4 is 39.1 Å². The number of carbonyl (C=O) groups excluding carboxylic acids is 1. The molecule has 33 heavy (non-hydrogen) atoms. The van der Waals surface area contributed by atoms with Crippen molar-refractivity contribution in [3.8, 4) is 0 Å². The molecule has 5 nitrogen and oxygen atoms in total. The maximum absolute atomic E-state index is 12.5. The van der Waals surface area contributed by atoms with E-state index in [0.29, 0.717) is 6.54 Å². The summed E-state index contributed by atoms with van der Waals surface area (Å²) in [5.41, 5.74) is 5.04. The third-order valence-electron chi connectivity index (χ3n) is 5.85. The Morgan fingerprint density at radius 2 is 1.55 bits per heavy atom. The van der Waals surface area contributed by atoms with E-state index in [1.54, 1.807) is 0 Å². The van der Waals surface area contributed by atoms with Crippen LogP contribution in [0, 0.1) is 0 Å². The minimum Gasteiger partial charge on any atom is -0.351 e. The molecule has 0 spiro atoms. The van der Waals surface area contributed by atoms with Gasteiger partial charge in [-0.25, -0.2) is 4.79 Å². The highest BCUT2D eigenvalue weighted by Gasteiger charge is 2.06. The molecule has 0 saturated heterocycles. The Hall–Kier alpha value is -4.09. The van der Waals surface area contributed by atoms with E-state index in [0.717, 1.165) is 34.4 Å². The Balaban J connectivity index is 1.19. The highest BCUT2D eigenvalue weighted by molar-refractivity contribution is 6.01. The normalized spacial score (nSPS) is 11.1. The number of hydrogen-bond donors (Lipinski definition) is 3. The van der Waals surface area contributed by atoms with Crippen LogP contribution in [-0.4, -0.2) is 10.6 Å². The number of amides is 2. The maximum Gasteiger partial charge on any atom is 0.323 e. The molecule has 164 valence electrons. The molecule has 2 amide bonds. The zero-order chi connectivity index (χ0) is 22.6. The molecule has 5 aromatic rings. The molecule has 0 aliphatic rings. The molecule has 0 bridgehead atoms. The van der Waals surface area contributed by atoms with Crippen LogP contribution in [0.1, 0.15) is 11.1 Å². The zero-order valence-electron chi connectivity index (χ0n) is 18.5. The lowest BCUT2D eigenvalue weighted by Crippen LogP contribution is -2.19. The Labute approximate surface area is 193 Å². The lowest BCUT2D eigenvalue weighted by atomic mass is 10.0. The summed E-state index contributed by atoms with van der Waals surface area (Å²) in [7, 11) is 2.01.